The molecule has 0 radical (unpaired) electrons. The van der Waals surface area contributed by atoms with Crippen LogP contribution in [-0.2, 0) is 0 Å². The zero-order valence-electron chi connectivity index (χ0n) is 12.1. The molecule has 0 aliphatic carbocycles. The van der Waals surface area contributed by atoms with Gasteiger partial charge in [0.15, 0.2) is 0 Å². The predicted octanol–water partition coefficient (Wildman–Crippen LogP) is -0.00210. The van der Waals surface area contributed by atoms with Gasteiger partial charge in [-0.3, -0.25) is 15.2 Å². The Morgan fingerprint density at radius 2 is 2.18 bits per heavy atom. The fourth-order valence-electron chi connectivity index (χ4n) is 2.80. The Morgan fingerprint density at radius 3 is 3.00 bits per heavy atom. The summed E-state index contributed by atoms with van der Waals surface area (Å²) in [6.45, 7) is 2.32. The van der Waals surface area contributed by atoms with Gasteiger partial charge >= 0.3 is 6.09 Å². The number of nitrogens with one attached hydrogen (secondary N) is 3. The van der Waals surface area contributed by atoms with Crippen LogP contribution in [0.2, 0.25) is 0 Å². The third-order valence-corrected chi connectivity index (χ3v) is 3.97. The maximum atomic E-state index is 11.8. The van der Waals surface area contributed by atoms with Gasteiger partial charge in [0.25, 0.3) is 5.91 Å². The van der Waals surface area contributed by atoms with Gasteiger partial charge in [0.1, 0.15) is 0 Å². The van der Waals surface area contributed by atoms with Gasteiger partial charge in [0.05, 0.1) is 11.3 Å². The van der Waals surface area contributed by atoms with Gasteiger partial charge < -0.3 is 15.3 Å². The lowest BCUT2D eigenvalue weighted by Gasteiger charge is -2.35. The van der Waals surface area contributed by atoms with Crippen molar-refractivity contribution in [2.24, 2.45) is 0 Å². The van der Waals surface area contributed by atoms with Crippen LogP contribution in [0.5, 0.6) is 0 Å². The Kier molecular flexibility index (Phi) is 4.12. The first-order chi connectivity index (χ1) is 10.6. The van der Waals surface area contributed by atoms with E-state index in [0.717, 1.165) is 12.1 Å². The van der Waals surface area contributed by atoms with Gasteiger partial charge in [-0.1, -0.05) is 12.1 Å². The summed E-state index contributed by atoms with van der Waals surface area (Å²) in [6.07, 6.45) is -0.110. The number of hydrogen-bond donors (Lipinski definition) is 4. The summed E-state index contributed by atoms with van der Waals surface area (Å²) < 4.78 is 0. The van der Waals surface area contributed by atoms with Gasteiger partial charge in [0, 0.05) is 32.2 Å². The first-order valence-electron chi connectivity index (χ1n) is 7.29. The number of rotatable bonds is 3. The van der Waals surface area contributed by atoms with Crippen molar-refractivity contribution in [1.82, 2.24) is 21.2 Å². The second-order valence-corrected chi connectivity index (χ2v) is 5.40. The number of fused-ring (bicyclic) bond motifs is 1. The van der Waals surface area contributed by atoms with Crippen LogP contribution in [0.25, 0.3) is 0 Å². The summed E-state index contributed by atoms with van der Waals surface area (Å²) in [5, 5.41) is 14.3. The zero-order chi connectivity index (χ0) is 15.5. The van der Waals surface area contributed by atoms with Crippen LogP contribution in [0, 0.1) is 0 Å². The minimum Gasteiger partial charge on any atom is -0.465 e. The number of benzene rings is 1. The SMILES string of the molecule is O=C1NNN(CCC2CN(C(=O)O)CCN2)c2ccccc21. The molecule has 1 aromatic rings. The molecule has 2 heterocycles. The van der Waals surface area contributed by atoms with Crippen molar-refractivity contribution in [3.05, 3.63) is 29.8 Å². The Balaban J connectivity index is 1.61. The molecule has 118 valence electrons. The maximum Gasteiger partial charge on any atom is 0.407 e. The highest BCUT2D eigenvalue weighted by Crippen LogP contribution is 2.21. The lowest BCUT2D eigenvalue weighted by atomic mass is 10.1. The molecule has 1 saturated heterocycles. The lowest BCUT2D eigenvalue weighted by Crippen LogP contribution is -2.57. The second-order valence-electron chi connectivity index (χ2n) is 5.40. The van der Waals surface area contributed by atoms with E-state index >= 15 is 0 Å². The Bertz CT molecular complexity index is 579. The standard InChI is InChI=1S/C14H19N5O3/c20-13-11-3-1-2-4-12(11)19(17-16-13)7-5-10-9-18(14(21)22)8-6-15-10/h1-4,10,15,17H,5-9H2,(H,16,20)(H,21,22). The summed E-state index contributed by atoms with van der Waals surface area (Å²) in [5.74, 6) is -0.153. The van der Waals surface area contributed by atoms with Crippen molar-refractivity contribution in [3.8, 4) is 0 Å². The van der Waals surface area contributed by atoms with Gasteiger partial charge in [-0.15, -0.1) is 5.53 Å². The highest BCUT2D eigenvalue weighted by atomic mass is 16.4. The molecular weight excluding hydrogens is 286 g/mol. The van der Waals surface area contributed by atoms with E-state index in [-0.39, 0.29) is 11.9 Å². The van der Waals surface area contributed by atoms with Gasteiger partial charge in [-0.05, 0) is 18.6 Å². The maximum absolute atomic E-state index is 11.8. The molecule has 1 unspecified atom stereocenters. The van der Waals surface area contributed by atoms with Gasteiger partial charge in [-0.25, -0.2) is 4.79 Å². The summed E-state index contributed by atoms with van der Waals surface area (Å²) in [7, 11) is 0. The highest BCUT2D eigenvalue weighted by Gasteiger charge is 2.25. The van der Waals surface area contributed by atoms with Crippen molar-refractivity contribution in [1.29, 1.82) is 0 Å². The molecule has 0 saturated carbocycles. The van der Waals surface area contributed by atoms with E-state index in [1.165, 1.54) is 4.90 Å². The molecule has 8 nitrogen and oxygen atoms in total. The number of carbonyl (C=O) groups excluding carboxylic acids is 1. The summed E-state index contributed by atoms with van der Waals surface area (Å²) in [5.41, 5.74) is 6.95. The molecule has 2 amide bonds. The van der Waals surface area contributed by atoms with Crippen molar-refractivity contribution in [2.75, 3.05) is 31.2 Å². The number of carbonyl (C=O) groups is 2. The van der Waals surface area contributed by atoms with Crippen LogP contribution in [0.4, 0.5) is 10.5 Å². The van der Waals surface area contributed by atoms with E-state index in [9.17, 15) is 9.59 Å². The minimum atomic E-state index is -0.875. The van der Waals surface area contributed by atoms with E-state index in [1.54, 1.807) is 6.07 Å². The molecule has 1 fully saturated rings. The topological polar surface area (TPSA) is 96.9 Å². The minimum absolute atomic E-state index is 0.108. The number of para-hydroxylation sites is 1. The summed E-state index contributed by atoms with van der Waals surface area (Å²) in [6, 6.07) is 7.49. The third kappa shape index (κ3) is 2.97. The van der Waals surface area contributed by atoms with Crippen LogP contribution in [0.15, 0.2) is 24.3 Å². The summed E-state index contributed by atoms with van der Waals surface area (Å²) in [4.78, 5) is 24.2. The Labute approximate surface area is 128 Å². The first kappa shape index (κ1) is 14.6. The molecule has 0 aromatic heterocycles. The molecule has 22 heavy (non-hydrogen) atoms. The van der Waals surface area contributed by atoms with E-state index in [4.69, 9.17) is 5.11 Å². The molecule has 1 aromatic carbocycles. The van der Waals surface area contributed by atoms with Crippen LogP contribution in [0.1, 0.15) is 16.8 Å². The van der Waals surface area contributed by atoms with Crippen LogP contribution >= 0.6 is 0 Å². The molecule has 2 aliphatic heterocycles. The average molecular weight is 305 g/mol. The van der Waals surface area contributed by atoms with Crippen molar-refractivity contribution >= 4 is 17.7 Å². The van der Waals surface area contributed by atoms with E-state index in [1.807, 2.05) is 23.2 Å². The van der Waals surface area contributed by atoms with Crippen molar-refractivity contribution in [3.63, 3.8) is 0 Å². The number of hydrazine groups is 2. The number of piperazine rings is 1. The summed E-state index contributed by atoms with van der Waals surface area (Å²) >= 11 is 0. The normalized spacial score (nSPS) is 21.3. The average Bonchev–Trinajstić information content (AvgIpc) is 2.55. The quantitative estimate of drug-likeness (QED) is 0.627. The van der Waals surface area contributed by atoms with Crippen LogP contribution < -0.4 is 21.3 Å². The van der Waals surface area contributed by atoms with Crippen LogP contribution in [-0.4, -0.2) is 54.2 Å². The molecule has 8 heteroatoms. The number of nitrogens with zero attached hydrogens (tertiary/aromatic N) is 2. The molecule has 4 N–H and O–H groups in total. The Morgan fingerprint density at radius 1 is 1.36 bits per heavy atom. The molecule has 2 aliphatic rings. The number of carboxylic acid groups (broad SMARTS) is 1. The second kappa shape index (κ2) is 6.20. The molecule has 3 rings (SSSR count). The molecule has 1 atom stereocenters. The number of anilines is 1. The van der Waals surface area contributed by atoms with Crippen LogP contribution in [0.3, 0.4) is 0 Å². The number of amides is 2. The fourth-order valence-corrected chi connectivity index (χ4v) is 2.80. The van der Waals surface area contributed by atoms with E-state index < -0.39 is 6.09 Å². The number of hydrogen-bond acceptors (Lipinski definition) is 5. The predicted molar refractivity (Wildman–Crippen MR) is 80.4 cm³/mol. The first-order valence-corrected chi connectivity index (χ1v) is 7.29. The molecule has 0 bridgehead atoms. The lowest BCUT2D eigenvalue weighted by molar-refractivity contribution is 0.0919. The monoisotopic (exact) mass is 305 g/mol. The van der Waals surface area contributed by atoms with Gasteiger partial charge in [-0.2, -0.15) is 0 Å². The van der Waals surface area contributed by atoms with Gasteiger partial charge in [0.2, 0.25) is 0 Å². The molecule has 0 spiro atoms. The fraction of sp³-hybridized carbons (Fsp3) is 0.429. The van der Waals surface area contributed by atoms with Crippen molar-refractivity contribution in [2.45, 2.75) is 12.5 Å². The zero-order valence-corrected chi connectivity index (χ0v) is 12.1. The largest absolute Gasteiger partial charge is 0.465 e. The van der Waals surface area contributed by atoms with E-state index in [2.05, 4.69) is 16.3 Å². The van der Waals surface area contributed by atoms with E-state index in [0.29, 0.717) is 31.7 Å². The third-order valence-electron chi connectivity index (χ3n) is 3.97. The highest BCUT2D eigenvalue weighted by molar-refractivity contribution is 6.00. The smallest absolute Gasteiger partial charge is 0.407 e. The molecular formula is C14H19N5O3. The Hall–Kier alpha value is -2.32. The van der Waals surface area contributed by atoms with Crippen molar-refractivity contribution < 1.29 is 14.7 Å².